The Labute approximate surface area is 147 Å². The zero-order valence-corrected chi connectivity index (χ0v) is 15.2. The Morgan fingerprint density at radius 3 is 2.71 bits per heavy atom. The highest BCUT2D eigenvalue weighted by Gasteiger charge is 2.29. The van der Waals surface area contributed by atoms with Gasteiger partial charge in [0, 0.05) is 23.8 Å². The van der Waals surface area contributed by atoms with Gasteiger partial charge in [-0.3, -0.25) is 9.48 Å². The minimum atomic E-state index is -1.18. The van der Waals surface area contributed by atoms with E-state index in [1.165, 1.54) is 0 Å². The fraction of sp³-hybridized carbons (Fsp3) is 0.444. The van der Waals surface area contributed by atoms with Crippen molar-refractivity contribution in [1.82, 2.24) is 15.1 Å². The first-order valence-electron chi connectivity index (χ1n) is 7.95. The van der Waals surface area contributed by atoms with Crippen LogP contribution in [0.15, 0.2) is 36.7 Å². The van der Waals surface area contributed by atoms with Crippen molar-refractivity contribution in [2.45, 2.75) is 32.3 Å². The molecule has 2 aromatic rings. The quantitative estimate of drug-likeness (QED) is 0.842. The molecule has 24 heavy (non-hydrogen) atoms. The van der Waals surface area contributed by atoms with Crippen LogP contribution in [0.2, 0.25) is 5.02 Å². The minimum absolute atomic E-state index is 0.104. The van der Waals surface area contributed by atoms with Crippen LogP contribution in [0.3, 0.4) is 0 Å². The summed E-state index contributed by atoms with van der Waals surface area (Å²) in [4.78, 5) is 12.7. The maximum Gasteiger partial charge on any atom is 0.227 e. The molecule has 6 heteroatoms. The second-order valence-electron chi connectivity index (χ2n) is 6.67. The van der Waals surface area contributed by atoms with Crippen molar-refractivity contribution in [1.29, 1.82) is 0 Å². The van der Waals surface area contributed by atoms with Gasteiger partial charge < -0.3 is 10.4 Å². The fourth-order valence-electron chi connectivity index (χ4n) is 2.71. The molecule has 2 atom stereocenters. The summed E-state index contributed by atoms with van der Waals surface area (Å²) in [5.41, 5.74) is 0.352. The average molecular weight is 350 g/mol. The highest BCUT2D eigenvalue weighted by atomic mass is 35.5. The van der Waals surface area contributed by atoms with E-state index in [-0.39, 0.29) is 24.3 Å². The van der Waals surface area contributed by atoms with Crippen LogP contribution in [-0.2, 0) is 17.4 Å². The number of benzene rings is 1. The molecule has 2 N–H and O–H groups in total. The second-order valence-corrected chi connectivity index (χ2v) is 7.11. The first-order chi connectivity index (χ1) is 11.2. The molecule has 0 fully saturated rings. The largest absolute Gasteiger partial charge is 0.383 e. The van der Waals surface area contributed by atoms with Gasteiger partial charge in [-0.1, -0.05) is 37.6 Å². The molecule has 130 valence electrons. The minimum Gasteiger partial charge on any atom is -0.383 e. The standard InChI is InChI=1S/C18H24ClN3O2/c1-12(2)16(13-6-5-7-15(19)8-13)17(23)20-11-18(3,24)14-9-21-22(4)10-14/h5-10,12,16,24H,11H2,1-4H3,(H,20,23)/t16-,18+/m1/s1. The van der Waals surface area contributed by atoms with E-state index in [1.54, 1.807) is 37.1 Å². The fourth-order valence-corrected chi connectivity index (χ4v) is 2.91. The van der Waals surface area contributed by atoms with Gasteiger partial charge in [0.05, 0.1) is 18.7 Å². The smallest absolute Gasteiger partial charge is 0.227 e. The molecule has 1 aromatic heterocycles. The van der Waals surface area contributed by atoms with E-state index in [0.717, 1.165) is 5.56 Å². The lowest BCUT2D eigenvalue weighted by Gasteiger charge is -2.26. The lowest BCUT2D eigenvalue weighted by atomic mass is 9.87. The molecule has 0 saturated heterocycles. The monoisotopic (exact) mass is 349 g/mol. The zero-order chi connectivity index (χ0) is 17.9. The average Bonchev–Trinajstić information content (AvgIpc) is 2.93. The number of hydrogen-bond donors (Lipinski definition) is 2. The number of aliphatic hydroxyl groups is 1. The van der Waals surface area contributed by atoms with Gasteiger partial charge >= 0.3 is 0 Å². The number of carbonyl (C=O) groups is 1. The molecule has 2 rings (SSSR count). The molecule has 1 aromatic carbocycles. The molecule has 0 radical (unpaired) electrons. The predicted molar refractivity (Wildman–Crippen MR) is 94.8 cm³/mol. The van der Waals surface area contributed by atoms with Crippen LogP contribution in [0.1, 0.15) is 37.8 Å². The number of aryl methyl sites for hydroxylation is 1. The Hall–Kier alpha value is -1.85. The van der Waals surface area contributed by atoms with Crippen LogP contribution >= 0.6 is 11.6 Å². The number of nitrogens with zero attached hydrogens (tertiary/aromatic N) is 2. The van der Waals surface area contributed by atoms with Crippen LogP contribution in [0.4, 0.5) is 0 Å². The summed E-state index contributed by atoms with van der Waals surface area (Å²) in [6, 6.07) is 7.33. The summed E-state index contributed by atoms with van der Waals surface area (Å²) < 4.78 is 1.62. The lowest BCUT2D eigenvalue weighted by Crippen LogP contribution is -2.41. The molecule has 0 unspecified atom stereocenters. The molecule has 0 spiro atoms. The number of hydrogen-bond acceptors (Lipinski definition) is 3. The summed E-state index contributed by atoms with van der Waals surface area (Å²) in [5.74, 6) is -0.350. The van der Waals surface area contributed by atoms with Crippen LogP contribution in [0.5, 0.6) is 0 Å². The molecule has 1 heterocycles. The molecule has 0 aliphatic rings. The molecule has 5 nitrogen and oxygen atoms in total. The van der Waals surface area contributed by atoms with Crippen molar-refractivity contribution < 1.29 is 9.90 Å². The lowest BCUT2D eigenvalue weighted by molar-refractivity contribution is -0.124. The Kier molecular flexibility index (Phi) is 5.67. The number of nitrogens with one attached hydrogen (secondary N) is 1. The number of halogens is 1. The predicted octanol–water partition coefficient (Wildman–Crippen LogP) is 2.84. The third-order valence-corrected chi connectivity index (χ3v) is 4.33. The van der Waals surface area contributed by atoms with Gasteiger partial charge in [0.2, 0.25) is 5.91 Å². The van der Waals surface area contributed by atoms with E-state index < -0.39 is 5.60 Å². The van der Waals surface area contributed by atoms with Gasteiger partial charge in [0.25, 0.3) is 0 Å². The van der Waals surface area contributed by atoms with Crippen LogP contribution in [0, 0.1) is 5.92 Å². The molecule has 0 aliphatic heterocycles. The van der Waals surface area contributed by atoms with E-state index in [9.17, 15) is 9.90 Å². The number of amides is 1. The highest BCUT2D eigenvalue weighted by Crippen LogP contribution is 2.27. The molecule has 1 amide bonds. The Balaban J connectivity index is 2.11. The summed E-state index contributed by atoms with van der Waals surface area (Å²) in [6.45, 7) is 5.75. The first kappa shape index (κ1) is 18.5. The van der Waals surface area contributed by atoms with Gasteiger partial charge in [-0.25, -0.2) is 0 Å². The SMILES string of the molecule is CC(C)[C@@H](C(=O)NC[C@](C)(O)c1cnn(C)c1)c1cccc(Cl)c1. The summed E-state index contributed by atoms with van der Waals surface area (Å²) in [5, 5.41) is 18.1. The maximum absolute atomic E-state index is 12.7. The van der Waals surface area contributed by atoms with Gasteiger partial charge in [-0.05, 0) is 30.5 Å². The second kappa shape index (κ2) is 7.36. The van der Waals surface area contributed by atoms with Crippen molar-refractivity contribution >= 4 is 17.5 Å². The number of carbonyl (C=O) groups excluding carboxylic acids is 1. The topological polar surface area (TPSA) is 67.2 Å². The van der Waals surface area contributed by atoms with Crippen LogP contribution < -0.4 is 5.32 Å². The Morgan fingerprint density at radius 1 is 1.46 bits per heavy atom. The van der Waals surface area contributed by atoms with Crippen molar-refractivity contribution in [3.8, 4) is 0 Å². The van der Waals surface area contributed by atoms with E-state index in [2.05, 4.69) is 10.4 Å². The van der Waals surface area contributed by atoms with Crippen molar-refractivity contribution in [3.05, 3.63) is 52.8 Å². The molecule has 0 bridgehead atoms. The summed E-state index contributed by atoms with van der Waals surface area (Å²) in [7, 11) is 1.78. The summed E-state index contributed by atoms with van der Waals surface area (Å²) >= 11 is 6.05. The van der Waals surface area contributed by atoms with E-state index in [4.69, 9.17) is 11.6 Å². The first-order valence-corrected chi connectivity index (χ1v) is 8.33. The van der Waals surface area contributed by atoms with Crippen molar-refractivity contribution in [2.75, 3.05) is 6.54 Å². The van der Waals surface area contributed by atoms with E-state index >= 15 is 0 Å². The summed E-state index contributed by atoms with van der Waals surface area (Å²) in [6.07, 6.45) is 3.34. The third-order valence-electron chi connectivity index (χ3n) is 4.09. The zero-order valence-electron chi connectivity index (χ0n) is 14.5. The van der Waals surface area contributed by atoms with Gasteiger partial charge in [-0.15, -0.1) is 0 Å². The molecular formula is C18H24ClN3O2. The number of aromatic nitrogens is 2. The third kappa shape index (κ3) is 4.36. The van der Waals surface area contributed by atoms with Gasteiger partial charge in [-0.2, -0.15) is 5.10 Å². The molecule has 0 aliphatic carbocycles. The highest BCUT2D eigenvalue weighted by molar-refractivity contribution is 6.30. The molecule has 0 saturated carbocycles. The van der Waals surface area contributed by atoms with E-state index in [1.807, 2.05) is 32.0 Å². The van der Waals surface area contributed by atoms with Gasteiger partial charge in [0.1, 0.15) is 5.60 Å². The van der Waals surface area contributed by atoms with Crippen molar-refractivity contribution in [3.63, 3.8) is 0 Å². The Bertz CT molecular complexity index is 710. The maximum atomic E-state index is 12.7. The number of rotatable bonds is 6. The van der Waals surface area contributed by atoms with Crippen LogP contribution in [0.25, 0.3) is 0 Å². The molecular weight excluding hydrogens is 326 g/mol. The Morgan fingerprint density at radius 2 is 2.17 bits per heavy atom. The normalized spacial score (nSPS) is 15.1. The van der Waals surface area contributed by atoms with Crippen LogP contribution in [-0.4, -0.2) is 27.3 Å². The van der Waals surface area contributed by atoms with E-state index in [0.29, 0.717) is 10.6 Å². The van der Waals surface area contributed by atoms with Gasteiger partial charge in [0.15, 0.2) is 0 Å². The van der Waals surface area contributed by atoms with Crippen molar-refractivity contribution in [2.24, 2.45) is 13.0 Å².